The Hall–Kier alpha value is -2.47. The molecule has 2 aliphatic rings. The second-order valence-corrected chi connectivity index (χ2v) is 13.2. The molecular formula is C23H28N2O7S2. The summed E-state index contributed by atoms with van der Waals surface area (Å²) in [6, 6.07) is 10.8. The first-order chi connectivity index (χ1) is 16.1. The van der Waals surface area contributed by atoms with Crippen molar-refractivity contribution in [2.75, 3.05) is 20.2 Å². The lowest BCUT2D eigenvalue weighted by Gasteiger charge is -2.36. The van der Waals surface area contributed by atoms with Gasteiger partial charge in [-0.05, 0) is 99.1 Å². The summed E-state index contributed by atoms with van der Waals surface area (Å²) in [5.74, 6) is -0.436. The highest BCUT2D eigenvalue weighted by atomic mass is 32.2. The van der Waals surface area contributed by atoms with Crippen LogP contribution in [0.2, 0.25) is 0 Å². The maximum Gasteiger partial charge on any atom is 0.265 e. The molecule has 1 spiro atoms. The molecule has 1 amide bonds. The van der Waals surface area contributed by atoms with Crippen LogP contribution in [0.3, 0.4) is 0 Å². The van der Waals surface area contributed by atoms with Crippen LogP contribution in [0.4, 0.5) is 0 Å². The average molecular weight is 509 g/mol. The normalized spacial score (nSPS) is 22.4. The van der Waals surface area contributed by atoms with E-state index < -0.39 is 30.3 Å². The molecule has 0 bridgehead atoms. The van der Waals surface area contributed by atoms with Crippen molar-refractivity contribution in [1.82, 2.24) is 10.8 Å². The van der Waals surface area contributed by atoms with Gasteiger partial charge in [0.25, 0.3) is 5.91 Å². The van der Waals surface area contributed by atoms with Crippen molar-refractivity contribution < 1.29 is 31.6 Å². The first-order valence-electron chi connectivity index (χ1n) is 11.0. The topological polar surface area (TPSA) is 139 Å². The van der Waals surface area contributed by atoms with E-state index in [4.69, 9.17) is 4.74 Å². The lowest BCUT2D eigenvalue weighted by molar-refractivity contribution is -0.132. The van der Waals surface area contributed by atoms with Gasteiger partial charge in [0.2, 0.25) is 9.84 Å². The fraction of sp³-hybridized carbons (Fsp3) is 0.435. The highest BCUT2D eigenvalue weighted by molar-refractivity contribution is 7.93. The zero-order chi connectivity index (χ0) is 24.6. The van der Waals surface area contributed by atoms with Crippen LogP contribution in [0, 0.1) is 5.41 Å². The number of carbonyl (C=O) groups excluding carboxylic acids is 1. The smallest absolute Gasteiger partial charge is 0.265 e. The molecule has 2 aromatic rings. The van der Waals surface area contributed by atoms with Crippen LogP contribution in [0.15, 0.2) is 63.2 Å². The van der Waals surface area contributed by atoms with E-state index >= 15 is 0 Å². The van der Waals surface area contributed by atoms with Gasteiger partial charge in [0.1, 0.15) is 5.75 Å². The highest BCUT2D eigenvalue weighted by Gasteiger charge is 2.60. The van der Waals surface area contributed by atoms with Gasteiger partial charge < -0.3 is 10.1 Å². The Bertz CT molecular complexity index is 1270. The number of methoxy groups -OCH3 is 1. The molecule has 1 saturated carbocycles. The summed E-state index contributed by atoms with van der Waals surface area (Å²) in [5, 5.41) is 12.7. The van der Waals surface area contributed by atoms with Gasteiger partial charge in [-0.1, -0.05) is 0 Å². The van der Waals surface area contributed by atoms with E-state index in [0.717, 1.165) is 25.9 Å². The number of carbonyl (C=O) groups is 1. The van der Waals surface area contributed by atoms with E-state index in [1.165, 1.54) is 55.6 Å². The predicted molar refractivity (Wildman–Crippen MR) is 123 cm³/mol. The van der Waals surface area contributed by atoms with Crippen molar-refractivity contribution in [3.05, 3.63) is 48.5 Å². The molecule has 1 aliphatic carbocycles. The second kappa shape index (κ2) is 8.95. The van der Waals surface area contributed by atoms with Gasteiger partial charge in [-0.2, -0.15) is 0 Å². The minimum absolute atomic E-state index is 0.0451. The first kappa shape index (κ1) is 24.6. The third kappa shape index (κ3) is 4.00. The summed E-state index contributed by atoms with van der Waals surface area (Å²) in [5.41, 5.74) is 1.28. The van der Waals surface area contributed by atoms with Crippen LogP contribution in [0.1, 0.15) is 32.1 Å². The zero-order valence-electron chi connectivity index (χ0n) is 18.8. The molecule has 1 atom stereocenters. The number of hydroxylamine groups is 1. The monoisotopic (exact) mass is 508 g/mol. The number of piperidine rings is 1. The van der Waals surface area contributed by atoms with E-state index in [1.807, 2.05) is 0 Å². The van der Waals surface area contributed by atoms with Gasteiger partial charge in [-0.3, -0.25) is 10.0 Å². The lowest BCUT2D eigenvalue weighted by atomic mass is 9.77. The molecule has 1 saturated heterocycles. The molecule has 4 rings (SSSR count). The Morgan fingerprint density at radius 2 is 1.41 bits per heavy atom. The van der Waals surface area contributed by atoms with Gasteiger partial charge in [-0.25, -0.2) is 22.3 Å². The van der Waals surface area contributed by atoms with Crippen LogP contribution in [0.25, 0.3) is 0 Å². The summed E-state index contributed by atoms with van der Waals surface area (Å²) >= 11 is 0. The summed E-state index contributed by atoms with van der Waals surface area (Å²) in [6.45, 7) is 1.49. The molecule has 2 fully saturated rings. The Labute approximate surface area is 199 Å². The Balaban J connectivity index is 1.68. The molecule has 0 aromatic heterocycles. The number of hydrogen-bond acceptors (Lipinski definition) is 8. The van der Waals surface area contributed by atoms with Crippen molar-refractivity contribution in [2.45, 2.75) is 51.5 Å². The van der Waals surface area contributed by atoms with Gasteiger partial charge in [-0.15, -0.1) is 0 Å². The van der Waals surface area contributed by atoms with Crippen molar-refractivity contribution in [3.63, 3.8) is 0 Å². The van der Waals surface area contributed by atoms with Crippen LogP contribution in [0.5, 0.6) is 5.75 Å². The van der Waals surface area contributed by atoms with Crippen molar-refractivity contribution in [3.8, 4) is 5.75 Å². The molecule has 1 heterocycles. The van der Waals surface area contributed by atoms with Gasteiger partial charge in [0.15, 0.2) is 14.6 Å². The lowest BCUT2D eigenvalue weighted by Crippen LogP contribution is -2.51. The maximum absolute atomic E-state index is 13.7. The van der Waals surface area contributed by atoms with Crippen LogP contribution in [-0.2, 0) is 24.5 Å². The minimum Gasteiger partial charge on any atom is -0.497 e. The average Bonchev–Trinajstić information content (AvgIpc) is 3.24. The van der Waals surface area contributed by atoms with Gasteiger partial charge >= 0.3 is 0 Å². The van der Waals surface area contributed by atoms with Crippen LogP contribution < -0.4 is 15.5 Å². The van der Waals surface area contributed by atoms with E-state index in [0.29, 0.717) is 12.2 Å². The maximum atomic E-state index is 13.7. The quantitative estimate of drug-likeness (QED) is 0.398. The Morgan fingerprint density at radius 1 is 0.882 bits per heavy atom. The zero-order valence-corrected chi connectivity index (χ0v) is 20.4. The summed E-state index contributed by atoms with van der Waals surface area (Å²) in [7, 11) is -6.63. The molecule has 0 radical (unpaired) electrons. The molecule has 184 valence electrons. The Kier molecular flexibility index (Phi) is 6.49. The molecule has 1 aliphatic heterocycles. The van der Waals surface area contributed by atoms with Gasteiger partial charge in [0.05, 0.1) is 21.8 Å². The van der Waals surface area contributed by atoms with Crippen molar-refractivity contribution in [2.24, 2.45) is 5.41 Å². The largest absolute Gasteiger partial charge is 0.497 e. The predicted octanol–water partition coefficient (Wildman–Crippen LogP) is 2.10. The fourth-order valence-electron chi connectivity index (χ4n) is 5.20. The number of ether oxygens (including phenoxy) is 1. The standard InChI is InChI=1S/C23H28N2O7S2/c1-32-17-2-4-18(5-3-17)33(28,29)19-6-8-20(9-7-19)34(30,31)23(21(26)25-27)11-10-22(16-23)12-14-24-15-13-22/h2-9,24,27H,10-16H2,1H3,(H,25,26). The van der Waals surface area contributed by atoms with E-state index in [1.54, 1.807) is 5.48 Å². The molecular weight excluding hydrogens is 480 g/mol. The van der Waals surface area contributed by atoms with Crippen molar-refractivity contribution in [1.29, 1.82) is 0 Å². The molecule has 2 aromatic carbocycles. The number of amides is 1. The van der Waals surface area contributed by atoms with E-state index in [-0.39, 0.29) is 32.9 Å². The molecule has 34 heavy (non-hydrogen) atoms. The van der Waals surface area contributed by atoms with E-state index in [9.17, 15) is 26.8 Å². The van der Waals surface area contributed by atoms with E-state index in [2.05, 4.69) is 5.32 Å². The molecule has 9 nitrogen and oxygen atoms in total. The molecule has 11 heteroatoms. The Morgan fingerprint density at radius 3 is 1.94 bits per heavy atom. The summed E-state index contributed by atoms with van der Waals surface area (Å²) in [6.07, 6.45) is 2.27. The number of hydrogen-bond donors (Lipinski definition) is 3. The number of rotatable bonds is 6. The van der Waals surface area contributed by atoms with Crippen LogP contribution >= 0.6 is 0 Å². The fourth-order valence-corrected chi connectivity index (χ4v) is 8.56. The second-order valence-electron chi connectivity index (χ2n) is 9.02. The number of sulfone groups is 2. The molecule has 3 N–H and O–H groups in total. The number of nitrogens with one attached hydrogen (secondary N) is 2. The van der Waals surface area contributed by atoms with Crippen LogP contribution in [-0.4, -0.2) is 52.9 Å². The first-order valence-corrected chi connectivity index (χ1v) is 14.0. The van der Waals surface area contributed by atoms with Gasteiger partial charge in [0, 0.05) is 0 Å². The van der Waals surface area contributed by atoms with Crippen molar-refractivity contribution >= 4 is 25.6 Å². The SMILES string of the molecule is COc1ccc(S(=O)(=O)c2ccc(S(=O)(=O)C3(C(=O)NO)CCC4(CCNCC4)C3)cc2)cc1. The summed E-state index contributed by atoms with van der Waals surface area (Å²) in [4.78, 5) is 12.6. The third-order valence-electron chi connectivity index (χ3n) is 7.23. The third-order valence-corrected chi connectivity index (χ3v) is 11.5. The highest BCUT2D eigenvalue weighted by Crippen LogP contribution is 2.54. The number of benzene rings is 2. The summed E-state index contributed by atoms with van der Waals surface area (Å²) < 4.78 is 56.7. The molecule has 1 unspecified atom stereocenters. The minimum atomic E-state index is -4.23.